The van der Waals surface area contributed by atoms with Crippen molar-refractivity contribution in [3.8, 4) is 6.07 Å². The van der Waals surface area contributed by atoms with Crippen LogP contribution in [0.25, 0.3) is 0 Å². The van der Waals surface area contributed by atoms with E-state index in [1.165, 1.54) is 35.2 Å². The van der Waals surface area contributed by atoms with E-state index >= 15 is 0 Å². The van der Waals surface area contributed by atoms with Gasteiger partial charge >= 0.3 is 0 Å². The summed E-state index contributed by atoms with van der Waals surface area (Å²) in [6.07, 6.45) is 1.96. The fourth-order valence-corrected chi connectivity index (χ4v) is 2.61. The van der Waals surface area contributed by atoms with Crippen molar-refractivity contribution in [3.63, 3.8) is 0 Å². The van der Waals surface area contributed by atoms with Gasteiger partial charge in [-0.1, -0.05) is 6.07 Å². The summed E-state index contributed by atoms with van der Waals surface area (Å²) in [6.45, 7) is 0.373. The molecule has 2 amide bonds. The number of hydrogen-bond donors (Lipinski definition) is 1. The highest BCUT2D eigenvalue weighted by Gasteiger charge is 2.30. The van der Waals surface area contributed by atoms with Crippen molar-refractivity contribution in [2.24, 2.45) is 11.7 Å². The zero-order valence-corrected chi connectivity index (χ0v) is 13.4. The number of carbonyl (C=O) groups excluding carboxylic acids is 2. The van der Waals surface area contributed by atoms with E-state index in [9.17, 15) is 14.0 Å². The maximum Gasteiger partial charge on any atom is 0.258 e. The summed E-state index contributed by atoms with van der Waals surface area (Å²) in [5.41, 5.74) is 5.79. The molecule has 0 bridgehead atoms. The lowest BCUT2D eigenvalue weighted by molar-refractivity contribution is 0.0976. The van der Waals surface area contributed by atoms with Gasteiger partial charge in [-0.05, 0) is 55.2 Å². The lowest BCUT2D eigenvalue weighted by atomic mass is 10.1. The monoisotopic (exact) mass is 337 g/mol. The summed E-state index contributed by atoms with van der Waals surface area (Å²) in [7, 11) is 0. The van der Waals surface area contributed by atoms with Gasteiger partial charge in [0.05, 0.1) is 22.9 Å². The number of halogens is 1. The molecule has 0 saturated heterocycles. The molecule has 0 radical (unpaired) electrons. The van der Waals surface area contributed by atoms with Crippen molar-refractivity contribution in [1.82, 2.24) is 0 Å². The normalized spacial score (nSPS) is 13.1. The minimum absolute atomic E-state index is 0.0394. The molecule has 2 N–H and O–H groups in total. The van der Waals surface area contributed by atoms with Gasteiger partial charge in [-0.2, -0.15) is 5.26 Å². The number of hydrogen-bond acceptors (Lipinski definition) is 3. The summed E-state index contributed by atoms with van der Waals surface area (Å²) in [5, 5.41) is 8.86. The third-order valence-corrected chi connectivity index (χ3v) is 4.18. The van der Waals surface area contributed by atoms with Gasteiger partial charge in [0.1, 0.15) is 0 Å². The van der Waals surface area contributed by atoms with Crippen molar-refractivity contribution in [2.75, 3.05) is 11.4 Å². The van der Waals surface area contributed by atoms with E-state index in [0.29, 0.717) is 23.6 Å². The highest BCUT2D eigenvalue weighted by molar-refractivity contribution is 6.07. The Labute approximate surface area is 144 Å². The first kappa shape index (κ1) is 16.7. The molecule has 0 spiro atoms. The van der Waals surface area contributed by atoms with Crippen LogP contribution in [0.15, 0.2) is 42.5 Å². The van der Waals surface area contributed by atoms with E-state index in [4.69, 9.17) is 11.0 Å². The molecule has 1 aliphatic carbocycles. The fraction of sp³-hybridized carbons (Fsp3) is 0.211. The van der Waals surface area contributed by atoms with Gasteiger partial charge in [-0.3, -0.25) is 9.59 Å². The van der Waals surface area contributed by atoms with E-state index in [2.05, 4.69) is 0 Å². The van der Waals surface area contributed by atoms with E-state index in [1.54, 1.807) is 12.1 Å². The molecule has 5 nitrogen and oxygen atoms in total. The summed E-state index contributed by atoms with van der Waals surface area (Å²) >= 11 is 0. The standard InChI is InChI=1S/C19H16FN3O2/c20-17-15(18(22)24)2-1-3-16(17)23(11-13-4-5-13)19(25)14-8-6-12(10-21)7-9-14/h1-3,6-9,13H,4-5,11H2,(H2,22,24). The van der Waals surface area contributed by atoms with Gasteiger partial charge < -0.3 is 10.6 Å². The molecule has 0 atom stereocenters. The Hall–Kier alpha value is -3.20. The van der Waals surface area contributed by atoms with Crippen molar-refractivity contribution < 1.29 is 14.0 Å². The Morgan fingerprint density at radius 2 is 1.88 bits per heavy atom. The van der Waals surface area contributed by atoms with E-state index in [0.717, 1.165) is 12.8 Å². The van der Waals surface area contributed by atoms with Gasteiger partial charge in [0.15, 0.2) is 5.82 Å². The van der Waals surface area contributed by atoms with Gasteiger partial charge in [0.2, 0.25) is 0 Å². The van der Waals surface area contributed by atoms with Crippen LogP contribution in [0.3, 0.4) is 0 Å². The molecule has 6 heteroatoms. The average Bonchev–Trinajstić information content (AvgIpc) is 3.43. The minimum Gasteiger partial charge on any atom is -0.366 e. The highest BCUT2D eigenvalue weighted by atomic mass is 19.1. The SMILES string of the molecule is N#Cc1ccc(C(=O)N(CC2CC2)c2cccc(C(N)=O)c2F)cc1. The van der Waals surface area contributed by atoms with E-state index in [1.807, 2.05) is 6.07 Å². The molecule has 3 rings (SSSR count). The number of nitriles is 1. The third-order valence-electron chi connectivity index (χ3n) is 4.18. The molecule has 1 fully saturated rings. The molecular formula is C19H16FN3O2. The summed E-state index contributed by atoms with van der Waals surface area (Å²) in [4.78, 5) is 25.6. The molecule has 0 aliphatic heterocycles. The number of benzene rings is 2. The van der Waals surface area contributed by atoms with Gasteiger partial charge in [-0.15, -0.1) is 0 Å². The molecular weight excluding hydrogens is 321 g/mol. The second-order valence-corrected chi connectivity index (χ2v) is 6.05. The van der Waals surface area contributed by atoms with Crippen molar-refractivity contribution in [1.29, 1.82) is 5.26 Å². The van der Waals surface area contributed by atoms with Crippen LogP contribution in [-0.4, -0.2) is 18.4 Å². The minimum atomic E-state index is -0.878. The van der Waals surface area contributed by atoms with Gasteiger partial charge in [0.25, 0.3) is 11.8 Å². The number of nitrogens with two attached hydrogens (primary N) is 1. The number of primary amides is 1. The van der Waals surface area contributed by atoms with E-state index < -0.39 is 11.7 Å². The fourth-order valence-electron chi connectivity index (χ4n) is 2.61. The molecule has 0 unspecified atom stereocenters. The number of amides is 2. The first-order valence-corrected chi connectivity index (χ1v) is 7.91. The van der Waals surface area contributed by atoms with Crippen LogP contribution in [0.2, 0.25) is 0 Å². The molecule has 2 aromatic carbocycles. The van der Waals surface area contributed by atoms with Crippen LogP contribution in [0.4, 0.5) is 10.1 Å². The lowest BCUT2D eigenvalue weighted by Gasteiger charge is -2.24. The summed E-state index contributed by atoms with van der Waals surface area (Å²) in [5.74, 6) is -1.73. The quantitative estimate of drug-likeness (QED) is 0.910. The third kappa shape index (κ3) is 3.50. The molecule has 25 heavy (non-hydrogen) atoms. The first-order chi connectivity index (χ1) is 12.0. The van der Waals surface area contributed by atoms with Gasteiger partial charge in [0, 0.05) is 12.1 Å². The highest BCUT2D eigenvalue weighted by Crippen LogP contribution is 2.33. The summed E-state index contributed by atoms with van der Waals surface area (Å²) < 4.78 is 14.7. The van der Waals surface area contributed by atoms with Crippen LogP contribution >= 0.6 is 0 Å². The Morgan fingerprint density at radius 3 is 2.44 bits per heavy atom. The molecule has 2 aromatic rings. The number of rotatable bonds is 5. The van der Waals surface area contributed by atoms with Crippen molar-refractivity contribution >= 4 is 17.5 Å². The van der Waals surface area contributed by atoms with E-state index in [-0.39, 0.29) is 17.2 Å². The van der Waals surface area contributed by atoms with Crippen molar-refractivity contribution in [2.45, 2.75) is 12.8 Å². The van der Waals surface area contributed by atoms with Crippen LogP contribution in [0.1, 0.15) is 39.1 Å². The average molecular weight is 337 g/mol. The molecule has 1 aliphatic rings. The predicted octanol–water partition coefficient (Wildman–Crippen LogP) is 2.85. The van der Waals surface area contributed by atoms with Crippen molar-refractivity contribution in [3.05, 3.63) is 65.0 Å². The Balaban J connectivity index is 1.99. The second-order valence-electron chi connectivity index (χ2n) is 6.05. The maximum atomic E-state index is 14.7. The van der Waals surface area contributed by atoms with Crippen LogP contribution in [0.5, 0.6) is 0 Å². The summed E-state index contributed by atoms with van der Waals surface area (Å²) in [6, 6.07) is 12.4. The smallest absolute Gasteiger partial charge is 0.258 e. The maximum absolute atomic E-state index is 14.7. The lowest BCUT2D eigenvalue weighted by Crippen LogP contribution is -2.34. The number of carbonyl (C=O) groups is 2. The van der Waals surface area contributed by atoms with Crippen LogP contribution in [0, 0.1) is 23.1 Å². The number of nitrogens with zero attached hydrogens (tertiary/aromatic N) is 2. The molecule has 126 valence electrons. The second kappa shape index (κ2) is 6.73. The number of anilines is 1. The Bertz CT molecular complexity index is 867. The Kier molecular flexibility index (Phi) is 4.48. The molecule has 0 aromatic heterocycles. The zero-order chi connectivity index (χ0) is 18.0. The zero-order valence-electron chi connectivity index (χ0n) is 13.4. The first-order valence-electron chi connectivity index (χ1n) is 7.91. The molecule has 1 saturated carbocycles. The van der Waals surface area contributed by atoms with Gasteiger partial charge in [-0.25, -0.2) is 4.39 Å². The van der Waals surface area contributed by atoms with Crippen LogP contribution in [-0.2, 0) is 0 Å². The largest absolute Gasteiger partial charge is 0.366 e. The predicted molar refractivity (Wildman–Crippen MR) is 90.5 cm³/mol. The topological polar surface area (TPSA) is 87.2 Å². The van der Waals surface area contributed by atoms with Crippen LogP contribution < -0.4 is 10.6 Å². The molecule has 0 heterocycles. The Morgan fingerprint density at radius 1 is 1.20 bits per heavy atom.